The van der Waals surface area contributed by atoms with E-state index in [-0.39, 0.29) is 30.1 Å². The summed E-state index contributed by atoms with van der Waals surface area (Å²) in [5.74, 6) is -0.0517. The van der Waals surface area contributed by atoms with Crippen molar-refractivity contribution in [3.63, 3.8) is 0 Å². The Kier molecular flexibility index (Phi) is 11.2. The van der Waals surface area contributed by atoms with E-state index in [1.807, 2.05) is 35.8 Å². The number of carbonyl (C=O) groups is 2. The van der Waals surface area contributed by atoms with Crippen molar-refractivity contribution in [3.8, 4) is 11.1 Å². The highest BCUT2D eigenvalue weighted by molar-refractivity contribution is 6.75. The van der Waals surface area contributed by atoms with E-state index in [9.17, 15) is 9.59 Å². The van der Waals surface area contributed by atoms with Crippen LogP contribution in [0.3, 0.4) is 0 Å². The molecule has 0 N–H and O–H groups in total. The molecule has 2 aromatic rings. The first kappa shape index (κ1) is 29.6. The Labute approximate surface area is 229 Å². The summed E-state index contributed by atoms with van der Waals surface area (Å²) in [6.45, 7) is 9.32. The molecule has 3 rings (SSSR count). The van der Waals surface area contributed by atoms with E-state index in [1.165, 1.54) is 18.2 Å². The van der Waals surface area contributed by atoms with E-state index in [0.717, 1.165) is 24.8 Å². The highest BCUT2D eigenvalue weighted by Crippen LogP contribution is 2.38. The SMILES string of the molecule is CCOC(=O)N([C@H]1CC[C@H](OCc2ccc(-c3ccccc3)cc2)[C@@H]1C/C=C\CCC(=O)OC)[Si](C)(C)C. The summed E-state index contributed by atoms with van der Waals surface area (Å²) >= 11 is 0. The third-order valence-electron chi connectivity index (χ3n) is 7.08. The van der Waals surface area contributed by atoms with E-state index >= 15 is 0 Å². The smallest absolute Gasteiger partial charge is 0.401 e. The fourth-order valence-corrected chi connectivity index (χ4v) is 7.18. The van der Waals surface area contributed by atoms with E-state index in [1.54, 1.807) is 0 Å². The highest BCUT2D eigenvalue weighted by Gasteiger charge is 2.45. The van der Waals surface area contributed by atoms with Gasteiger partial charge in [-0.3, -0.25) is 4.79 Å². The Bertz CT molecular complexity index is 1050. The third kappa shape index (κ3) is 8.30. The molecular weight excluding hydrogens is 494 g/mol. The molecule has 38 heavy (non-hydrogen) atoms. The lowest BCUT2D eigenvalue weighted by Crippen LogP contribution is -2.57. The number of allylic oxidation sites excluding steroid dienone is 2. The van der Waals surface area contributed by atoms with Crippen LogP contribution >= 0.6 is 0 Å². The molecule has 0 spiro atoms. The molecule has 0 saturated heterocycles. The number of hydrogen-bond acceptors (Lipinski definition) is 5. The lowest BCUT2D eigenvalue weighted by Gasteiger charge is -2.41. The van der Waals surface area contributed by atoms with E-state index < -0.39 is 8.24 Å². The number of amides is 1. The third-order valence-corrected chi connectivity index (χ3v) is 9.04. The number of rotatable bonds is 12. The number of hydrogen-bond donors (Lipinski definition) is 0. The summed E-state index contributed by atoms with van der Waals surface area (Å²) in [6, 6.07) is 18.9. The normalized spacial score (nSPS) is 19.4. The summed E-state index contributed by atoms with van der Waals surface area (Å²) in [7, 11) is -0.596. The van der Waals surface area contributed by atoms with E-state index in [0.29, 0.717) is 26.1 Å². The van der Waals surface area contributed by atoms with Gasteiger partial charge in [-0.2, -0.15) is 0 Å². The maximum atomic E-state index is 13.1. The van der Waals surface area contributed by atoms with Crippen molar-refractivity contribution in [2.24, 2.45) is 5.92 Å². The van der Waals surface area contributed by atoms with Crippen LogP contribution in [0.2, 0.25) is 19.6 Å². The van der Waals surface area contributed by atoms with Gasteiger partial charge >= 0.3 is 12.1 Å². The monoisotopic (exact) mass is 537 g/mol. The summed E-state index contributed by atoms with van der Waals surface area (Å²) in [5.41, 5.74) is 3.52. The highest BCUT2D eigenvalue weighted by atomic mass is 28.3. The van der Waals surface area contributed by atoms with Crippen molar-refractivity contribution in [3.05, 3.63) is 72.3 Å². The minimum absolute atomic E-state index is 0.0346. The summed E-state index contributed by atoms with van der Waals surface area (Å²) in [4.78, 5) is 24.5. The first-order valence-electron chi connectivity index (χ1n) is 13.7. The van der Waals surface area contributed by atoms with Gasteiger partial charge in [-0.25, -0.2) is 4.79 Å². The molecule has 3 atom stereocenters. The van der Waals surface area contributed by atoms with E-state index in [4.69, 9.17) is 14.2 Å². The predicted octanol–water partition coefficient (Wildman–Crippen LogP) is 7.21. The zero-order valence-electron chi connectivity index (χ0n) is 23.5. The van der Waals surface area contributed by atoms with E-state index in [2.05, 4.69) is 62.1 Å². The molecule has 7 heteroatoms. The van der Waals surface area contributed by atoms with Crippen LogP contribution in [0.25, 0.3) is 11.1 Å². The van der Waals surface area contributed by atoms with Crippen molar-refractivity contribution < 1.29 is 23.8 Å². The average molecular weight is 538 g/mol. The van der Waals surface area contributed by atoms with Gasteiger partial charge in [0.05, 0.1) is 26.4 Å². The van der Waals surface area contributed by atoms with Crippen LogP contribution in [-0.4, -0.2) is 50.7 Å². The molecule has 2 aromatic carbocycles. The van der Waals surface area contributed by atoms with Crippen LogP contribution in [0, 0.1) is 5.92 Å². The summed E-state index contributed by atoms with van der Waals surface area (Å²) in [5, 5.41) is 0. The molecule has 1 fully saturated rings. The van der Waals surface area contributed by atoms with Crippen LogP contribution in [0.15, 0.2) is 66.7 Å². The van der Waals surface area contributed by atoms with Gasteiger partial charge in [0.1, 0.15) is 0 Å². The lowest BCUT2D eigenvalue weighted by atomic mass is 9.96. The largest absolute Gasteiger partial charge is 0.469 e. The number of ether oxygens (including phenoxy) is 3. The number of benzene rings is 2. The van der Waals surface area contributed by atoms with Crippen LogP contribution in [0.4, 0.5) is 4.79 Å². The summed E-state index contributed by atoms with van der Waals surface area (Å²) in [6.07, 6.45) is 7.56. The van der Waals surface area contributed by atoms with Crippen molar-refractivity contribution in [2.75, 3.05) is 13.7 Å². The number of methoxy groups -OCH3 is 1. The van der Waals surface area contributed by atoms with Crippen molar-refractivity contribution in [1.29, 1.82) is 0 Å². The van der Waals surface area contributed by atoms with Crippen molar-refractivity contribution >= 4 is 20.3 Å². The first-order chi connectivity index (χ1) is 18.2. The molecule has 0 heterocycles. The zero-order valence-corrected chi connectivity index (χ0v) is 24.5. The Hall–Kier alpha value is -2.90. The fraction of sp³-hybridized carbons (Fsp3) is 0.484. The van der Waals surface area contributed by atoms with Gasteiger partial charge in [0.25, 0.3) is 0 Å². The Balaban J connectivity index is 1.72. The Morgan fingerprint density at radius 2 is 1.66 bits per heavy atom. The predicted molar refractivity (Wildman–Crippen MR) is 154 cm³/mol. The van der Waals surface area contributed by atoms with Crippen LogP contribution in [-0.2, 0) is 25.6 Å². The Morgan fingerprint density at radius 3 is 2.29 bits per heavy atom. The first-order valence-corrected chi connectivity index (χ1v) is 17.1. The number of nitrogens with zero attached hydrogens (tertiary/aromatic N) is 1. The zero-order chi connectivity index (χ0) is 27.5. The van der Waals surface area contributed by atoms with Gasteiger partial charge in [-0.05, 0) is 49.3 Å². The van der Waals surface area contributed by atoms with Gasteiger partial charge in [-0.15, -0.1) is 0 Å². The van der Waals surface area contributed by atoms with Gasteiger partial charge in [0.15, 0.2) is 8.24 Å². The topological polar surface area (TPSA) is 65.1 Å². The minimum atomic E-state index is -2.01. The molecule has 0 unspecified atom stereocenters. The van der Waals surface area contributed by atoms with Gasteiger partial charge < -0.3 is 18.8 Å². The second-order valence-electron chi connectivity index (χ2n) is 10.8. The molecule has 0 radical (unpaired) electrons. The molecular formula is C31H43NO5Si. The van der Waals surface area contributed by atoms with Crippen LogP contribution < -0.4 is 0 Å². The second-order valence-corrected chi connectivity index (χ2v) is 15.6. The van der Waals surface area contributed by atoms with Crippen LogP contribution in [0.5, 0.6) is 0 Å². The van der Waals surface area contributed by atoms with Gasteiger partial charge in [-0.1, -0.05) is 86.4 Å². The number of esters is 1. The number of carbonyl (C=O) groups excluding carboxylic acids is 2. The minimum Gasteiger partial charge on any atom is -0.469 e. The molecule has 0 aromatic heterocycles. The van der Waals surface area contributed by atoms with Crippen LogP contribution in [0.1, 0.15) is 44.6 Å². The molecule has 0 aliphatic heterocycles. The van der Waals surface area contributed by atoms with Crippen molar-refractivity contribution in [2.45, 2.75) is 77.4 Å². The van der Waals surface area contributed by atoms with Gasteiger partial charge in [0, 0.05) is 18.4 Å². The molecule has 1 aliphatic carbocycles. The summed E-state index contributed by atoms with van der Waals surface area (Å²) < 4.78 is 18.8. The molecule has 6 nitrogen and oxygen atoms in total. The standard InChI is InChI=1S/C31H43NO5Si/c1-6-36-31(34)32(38(3,4)5)28-21-22-29(27(28)15-11-8-12-16-30(33)35-2)37-23-24-17-19-26(20-18-24)25-13-9-7-10-14-25/h7-11,13-14,17-20,27-29H,6,12,15-16,21-23H2,1-5H3/b11-8-/t27-,28+,29+/m1/s1. The molecule has 1 saturated carbocycles. The second kappa shape index (κ2) is 14.3. The molecule has 0 bridgehead atoms. The Morgan fingerprint density at radius 1 is 0.974 bits per heavy atom. The lowest BCUT2D eigenvalue weighted by molar-refractivity contribution is -0.140. The van der Waals surface area contributed by atoms with Crippen molar-refractivity contribution in [1.82, 2.24) is 4.57 Å². The quantitative estimate of drug-likeness (QED) is 0.163. The molecule has 206 valence electrons. The fourth-order valence-electron chi connectivity index (χ4n) is 5.25. The van der Waals surface area contributed by atoms with Gasteiger partial charge in [0.2, 0.25) is 0 Å². The molecule has 1 aliphatic rings. The maximum Gasteiger partial charge on any atom is 0.401 e. The maximum absolute atomic E-state index is 13.1. The average Bonchev–Trinajstić information content (AvgIpc) is 3.29. The molecule has 1 amide bonds.